The fraction of sp³-hybridized carbons (Fsp3) is 0.400. The lowest BCUT2D eigenvalue weighted by Gasteiger charge is -2.19. The van der Waals surface area contributed by atoms with E-state index in [-0.39, 0.29) is 0 Å². The van der Waals surface area contributed by atoms with Crippen LogP contribution in [0.25, 0.3) is 11.5 Å². The van der Waals surface area contributed by atoms with Crippen molar-refractivity contribution in [2.75, 3.05) is 11.9 Å². The number of nitrogens with zero attached hydrogens (tertiary/aromatic N) is 3. The van der Waals surface area contributed by atoms with E-state index in [1.54, 1.807) is 6.20 Å². The second-order valence-electron chi connectivity index (χ2n) is 5.04. The summed E-state index contributed by atoms with van der Waals surface area (Å²) >= 11 is 6.97. The Balaban J connectivity index is 2.12. The van der Waals surface area contributed by atoms with E-state index in [1.165, 1.54) is 24.1 Å². The average molecular weight is 412 g/mol. The second-order valence-corrected chi connectivity index (χ2v) is 6.81. The highest BCUT2D eigenvalue weighted by Gasteiger charge is 2.19. The number of aromatic nitrogens is 3. The molecule has 0 fully saturated rings. The molecule has 0 amide bonds. The van der Waals surface area contributed by atoms with Crippen molar-refractivity contribution < 1.29 is 0 Å². The van der Waals surface area contributed by atoms with Gasteiger partial charge in [-0.25, -0.2) is 9.97 Å². The van der Waals surface area contributed by atoms with E-state index in [4.69, 9.17) is 9.97 Å². The zero-order chi connectivity index (χ0) is 14.8. The van der Waals surface area contributed by atoms with E-state index in [1.807, 2.05) is 6.07 Å². The third kappa shape index (κ3) is 3.11. The third-order valence-corrected chi connectivity index (χ3v) is 4.59. The first kappa shape index (κ1) is 14.9. The topological polar surface area (TPSA) is 50.7 Å². The molecule has 0 spiro atoms. The summed E-state index contributed by atoms with van der Waals surface area (Å²) in [5.41, 5.74) is 3.23. The molecule has 1 aliphatic carbocycles. The van der Waals surface area contributed by atoms with Gasteiger partial charge in [-0.3, -0.25) is 4.98 Å². The molecule has 0 aliphatic heterocycles. The van der Waals surface area contributed by atoms with Crippen LogP contribution < -0.4 is 5.32 Å². The zero-order valence-corrected chi connectivity index (χ0v) is 15.0. The minimum Gasteiger partial charge on any atom is -0.370 e. The van der Waals surface area contributed by atoms with E-state index in [2.05, 4.69) is 49.1 Å². The molecule has 0 bridgehead atoms. The fourth-order valence-electron chi connectivity index (χ4n) is 2.59. The van der Waals surface area contributed by atoms with Crippen molar-refractivity contribution in [3.63, 3.8) is 0 Å². The molecule has 110 valence electrons. The molecule has 0 radical (unpaired) electrons. The number of anilines is 1. The van der Waals surface area contributed by atoms with Crippen LogP contribution in [-0.2, 0) is 12.8 Å². The van der Waals surface area contributed by atoms with Crippen molar-refractivity contribution >= 4 is 37.7 Å². The Morgan fingerprint density at radius 3 is 2.76 bits per heavy atom. The summed E-state index contributed by atoms with van der Waals surface area (Å²) in [6, 6.07) is 1.97. The van der Waals surface area contributed by atoms with E-state index < -0.39 is 0 Å². The quantitative estimate of drug-likeness (QED) is 0.814. The maximum absolute atomic E-state index is 4.76. The van der Waals surface area contributed by atoms with Gasteiger partial charge < -0.3 is 5.32 Å². The van der Waals surface area contributed by atoms with Crippen LogP contribution >= 0.6 is 31.9 Å². The van der Waals surface area contributed by atoms with Crippen molar-refractivity contribution in [2.24, 2.45) is 0 Å². The molecule has 2 aromatic rings. The van der Waals surface area contributed by atoms with E-state index >= 15 is 0 Å². The summed E-state index contributed by atoms with van der Waals surface area (Å²) < 4.78 is 1.83. The smallest absolute Gasteiger partial charge is 0.181 e. The Labute approximate surface area is 141 Å². The first-order chi connectivity index (χ1) is 10.2. The van der Waals surface area contributed by atoms with Crippen LogP contribution in [0.3, 0.4) is 0 Å². The summed E-state index contributed by atoms with van der Waals surface area (Å²) in [4.78, 5) is 13.9. The lowest BCUT2D eigenvalue weighted by atomic mass is 9.96. The third-order valence-electron chi connectivity index (χ3n) is 3.55. The van der Waals surface area contributed by atoms with Gasteiger partial charge in [0, 0.05) is 32.9 Å². The summed E-state index contributed by atoms with van der Waals surface area (Å²) in [5.74, 6) is 1.65. The van der Waals surface area contributed by atoms with Crippen molar-refractivity contribution in [3.8, 4) is 11.5 Å². The molecular formula is C15H16Br2N4. The molecular weight excluding hydrogens is 396 g/mol. The van der Waals surface area contributed by atoms with Crippen molar-refractivity contribution in [1.82, 2.24) is 15.0 Å². The number of rotatable bonds is 3. The average Bonchev–Trinajstić information content (AvgIpc) is 2.47. The highest BCUT2D eigenvalue weighted by Crippen LogP contribution is 2.31. The maximum atomic E-state index is 4.76. The number of hydrogen-bond donors (Lipinski definition) is 1. The van der Waals surface area contributed by atoms with Gasteiger partial charge in [0.25, 0.3) is 0 Å². The Hall–Kier alpha value is -1.01. The molecule has 0 saturated heterocycles. The van der Waals surface area contributed by atoms with Gasteiger partial charge in [0.05, 0.1) is 0 Å². The molecule has 0 aromatic carbocycles. The number of fused-ring (bicyclic) bond motifs is 1. The lowest BCUT2D eigenvalue weighted by Crippen LogP contribution is -2.13. The first-order valence-electron chi connectivity index (χ1n) is 7.14. The molecule has 1 N–H and O–H groups in total. The van der Waals surface area contributed by atoms with Gasteiger partial charge in [-0.1, -0.05) is 0 Å². The molecule has 0 unspecified atom stereocenters. The Kier molecular flexibility index (Phi) is 4.54. The second kappa shape index (κ2) is 6.40. The Morgan fingerprint density at radius 2 is 2.00 bits per heavy atom. The SMILES string of the molecule is CCNc1nc(-c2ncc(Br)cc2Br)nc2c1CCCC2. The van der Waals surface area contributed by atoms with Gasteiger partial charge >= 0.3 is 0 Å². The van der Waals surface area contributed by atoms with Gasteiger partial charge in [-0.15, -0.1) is 0 Å². The standard InChI is InChI=1S/C15H16Br2N4/c1-2-18-14-10-5-3-4-6-12(10)20-15(21-14)13-11(17)7-9(16)8-19-13/h7-8H,2-6H2,1H3,(H,18,20,21). The summed E-state index contributed by atoms with van der Waals surface area (Å²) in [6.07, 6.45) is 6.28. The number of pyridine rings is 1. The molecule has 4 nitrogen and oxygen atoms in total. The van der Waals surface area contributed by atoms with Crippen LogP contribution in [0.4, 0.5) is 5.82 Å². The monoisotopic (exact) mass is 410 g/mol. The highest BCUT2D eigenvalue weighted by atomic mass is 79.9. The minimum atomic E-state index is 0.686. The predicted octanol–water partition coefficient (Wildman–Crippen LogP) is 4.37. The number of hydrogen-bond acceptors (Lipinski definition) is 4. The zero-order valence-electron chi connectivity index (χ0n) is 11.8. The van der Waals surface area contributed by atoms with Crippen LogP contribution in [-0.4, -0.2) is 21.5 Å². The molecule has 2 heterocycles. The molecule has 3 rings (SSSR count). The van der Waals surface area contributed by atoms with E-state index in [0.717, 1.165) is 39.8 Å². The van der Waals surface area contributed by atoms with Crippen LogP contribution in [0.15, 0.2) is 21.2 Å². The molecule has 0 saturated carbocycles. The number of nitrogens with one attached hydrogen (secondary N) is 1. The van der Waals surface area contributed by atoms with E-state index in [0.29, 0.717) is 5.82 Å². The fourth-order valence-corrected chi connectivity index (χ4v) is 3.76. The van der Waals surface area contributed by atoms with Crippen LogP contribution in [0.1, 0.15) is 31.0 Å². The first-order valence-corrected chi connectivity index (χ1v) is 8.72. The van der Waals surface area contributed by atoms with Crippen LogP contribution in [0, 0.1) is 0 Å². The predicted molar refractivity (Wildman–Crippen MR) is 91.5 cm³/mol. The lowest BCUT2D eigenvalue weighted by molar-refractivity contribution is 0.664. The summed E-state index contributed by atoms with van der Waals surface area (Å²) in [5, 5.41) is 3.37. The Bertz CT molecular complexity index is 673. The van der Waals surface area contributed by atoms with Crippen molar-refractivity contribution in [3.05, 3.63) is 32.5 Å². The summed E-state index contributed by atoms with van der Waals surface area (Å²) in [6.45, 7) is 2.95. The van der Waals surface area contributed by atoms with Gasteiger partial charge in [0.15, 0.2) is 5.82 Å². The molecule has 0 atom stereocenters. The maximum Gasteiger partial charge on any atom is 0.181 e. The molecule has 1 aliphatic rings. The molecule has 6 heteroatoms. The van der Waals surface area contributed by atoms with Gasteiger partial charge in [-0.05, 0) is 70.5 Å². The normalized spacial score (nSPS) is 13.9. The van der Waals surface area contributed by atoms with Gasteiger partial charge in [0.2, 0.25) is 0 Å². The van der Waals surface area contributed by atoms with Gasteiger partial charge in [0.1, 0.15) is 11.5 Å². The number of halogens is 2. The molecule has 21 heavy (non-hydrogen) atoms. The number of aryl methyl sites for hydroxylation is 1. The van der Waals surface area contributed by atoms with Crippen molar-refractivity contribution in [2.45, 2.75) is 32.6 Å². The largest absolute Gasteiger partial charge is 0.370 e. The Morgan fingerprint density at radius 1 is 1.19 bits per heavy atom. The van der Waals surface area contributed by atoms with Gasteiger partial charge in [-0.2, -0.15) is 0 Å². The van der Waals surface area contributed by atoms with Crippen LogP contribution in [0.2, 0.25) is 0 Å². The summed E-state index contributed by atoms with van der Waals surface area (Å²) in [7, 11) is 0. The van der Waals surface area contributed by atoms with Crippen molar-refractivity contribution in [1.29, 1.82) is 0 Å². The van der Waals surface area contributed by atoms with E-state index in [9.17, 15) is 0 Å². The minimum absolute atomic E-state index is 0.686. The highest BCUT2D eigenvalue weighted by molar-refractivity contribution is 9.11. The van der Waals surface area contributed by atoms with Crippen LogP contribution in [0.5, 0.6) is 0 Å². The molecule has 2 aromatic heterocycles.